The summed E-state index contributed by atoms with van der Waals surface area (Å²) in [7, 11) is 1.22. The molecule has 1 amide bonds. The molecule has 0 radical (unpaired) electrons. The number of rotatable bonds is 7. The second-order valence-electron chi connectivity index (χ2n) is 4.81. The number of benzene rings is 1. The van der Waals surface area contributed by atoms with Crippen LogP contribution in [0.5, 0.6) is 0 Å². The smallest absolute Gasteiger partial charge is 0.328 e. The second-order valence-corrected chi connectivity index (χ2v) is 4.81. The molecule has 0 bridgehead atoms. The van der Waals surface area contributed by atoms with Gasteiger partial charge in [0.25, 0.3) is 0 Å². The van der Waals surface area contributed by atoms with Crippen molar-refractivity contribution >= 4 is 17.8 Å². The van der Waals surface area contributed by atoms with Gasteiger partial charge in [0.2, 0.25) is 5.91 Å². The molecule has 0 heterocycles. The van der Waals surface area contributed by atoms with E-state index in [0.29, 0.717) is 0 Å². The summed E-state index contributed by atoms with van der Waals surface area (Å²) in [6.07, 6.45) is 0.122. The van der Waals surface area contributed by atoms with E-state index in [1.807, 2.05) is 6.07 Å². The zero-order valence-electron chi connectivity index (χ0n) is 12.8. The number of hydrazine groups is 1. The molecular formula is C15H20N2O5. The van der Waals surface area contributed by atoms with E-state index in [1.165, 1.54) is 21.0 Å². The number of hydrogen-bond acceptors (Lipinski definition) is 5. The third-order valence-electron chi connectivity index (χ3n) is 3.10. The molecule has 0 unspecified atom stereocenters. The summed E-state index contributed by atoms with van der Waals surface area (Å²) in [5.74, 6) is -2.25. The van der Waals surface area contributed by atoms with Gasteiger partial charge >= 0.3 is 11.9 Å². The van der Waals surface area contributed by atoms with E-state index in [1.54, 1.807) is 24.3 Å². The Morgan fingerprint density at radius 3 is 2.32 bits per heavy atom. The van der Waals surface area contributed by atoms with Crippen LogP contribution in [0.1, 0.15) is 19.4 Å². The predicted octanol–water partition coefficient (Wildman–Crippen LogP) is 0.597. The second kappa shape index (κ2) is 8.14. The topological polar surface area (TPSA) is 95.9 Å². The molecule has 2 N–H and O–H groups in total. The fourth-order valence-corrected chi connectivity index (χ4v) is 1.96. The van der Waals surface area contributed by atoms with Crippen LogP contribution in [-0.4, -0.2) is 47.2 Å². The highest BCUT2D eigenvalue weighted by atomic mass is 16.5. The van der Waals surface area contributed by atoms with Gasteiger partial charge < -0.3 is 9.84 Å². The highest BCUT2D eigenvalue weighted by molar-refractivity contribution is 5.83. The fourth-order valence-electron chi connectivity index (χ4n) is 1.96. The average molecular weight is 308 g/mol. The monoisotopic (exact) mass is 308 g/mol. The van der Waals surface area contributed by atoms with Crippen LogP contribution in [0.3, 0.4) is 0 Å². The molecule has 1 aromatic rings. The number of carboxylic acids is 1. The molecule has 0 saturated carbocycles. The number of nitrogens with one attached hydrogen (secondary N) is 1. The van der Waals surface area contributed by atoms with E-state index < -0.39 is 29.9 Å². The maximum atomic E-state index is 11.8. The largest absolute Gasteiger partial charge is 0.480 e. The minimum atomic E-state index is -1.16. The number of hydrogen-bond donors (Lipinski definition) is 2. The van der Waals surface area contributed by atoms with E-state index in [2.05, 4.69) is 10.2 Å². The van der Waals surface area contributed by atoms with Gasteiger partial charge in [0.1, 0.15) is 12.1 Å². The Morgan fingerprint density at radius 2 is 1.86 bits per heavy atom. The molecule has 0 aliphatic carbocycles. The van der Waals surface area contributed by atoms with Crippen molar-refractivity contribution < 1.29 is 24.2 Å². The van der Waals surface area contributed by atoms with Gasteiger partial charge in [-0.25, -0.2) is 10.2 Å². The molecule has 120 valence electrons. The van der Waals surface area contributed by atoms with Gasteiger partial charge in [0, 0.05) is 13.3 Å². The van der Waals surface area contributed by atoms with Gasteiger partial charge in [0.15, 0.2) is 0 Å². The van der Waals surface area contributed by atoms with Crippen molar-refractivity contribution in [3.05, 3.63) is 35.9 Å². The summed E-state index contributed by atoms with van der Waals surface area (Å²) >= 11 is 0. The first-order valence-electron chi connectivity index (χ1n) is 6.77. The number of nitrogens with zero attached hydrogens (tertiary/aromatic N) is 1. The number of esters is 1. The van der Waals surface area contributed by atoms with Gasteiger partial charge in [-0.2, -0.15) is 0 Å². The molecule has 2 atom stereocenters. The van der Waals surface area contributed by atoms with Crippen molar-refractivity contribution in [3.63, 3.8) is 0 Å². The number of ether oxygens (including phenoxy) is 1. The van der Waals surface area contributed by atoms with Gasteiger partial charge in [-0.1, -0.05) is 30.3 Å². The summed E-state index contributed by atoms with van der Waals surface area (Å²) < 4.78 is 4.56. The molecular weight excluding hydrogens is 288 g/mol. The summed E-state index contributed by atoms with van der Waals surface area (Å²) in [6, 6.07) is 6.97. The van der Waals surface area contributed by atoms with Crippen LogP contribution in [-0.2, 0) is 25.5 Å². The zero-order valence-corrected chi connectivity index (χ0v) is 12.8. The number of carboxylic acid groups (broad SMARTS) is 1. The highest BCUT2D eigenvalue weighted by Crippen LogP contribution is 2.09. The normalized spacial score (nSPS) is 13.0. The molecule has 0 aliphatic heterocycles. The number of amides is 1. The molecule has 0 fully saturated rings. The standard InChI is InChI=1S/C15H20N2O5/c1-10(15(21)22-3)16-17(11(2)18)13(14(19)20)9-12-7-5-4-6-8-12/h4-8,10,13,16H,9H2,1-3H3,(H,19,20)/t10-,13-/m0/s1. The Bertz CT molecular complexity index is 532. The third-order valence-corrected chi connectivity index (χ3v) is 3.10. The predicted molar refractivity (Wildman–Crippen MR) is 78.7 cm³/mol. The third kappa shape index (κ3) is 4.85. The van der Waals surface area contributed by atoms with Crippen LogP contribution >= 0.6 is 0 Å². The van der Waals surface area contributed by atoms with E-state index >= 15 is 0 Å². The molecule has 22 heavy (non-hydrogen) atoms. The molecule has 7 nitrogen and oxygen atoms in total. The van der Waals surface area contributed by atoms with E-state index in [9.17, 15) is 19.5 Å². The van der Waals surface area contributed by atoms with E-state index in [-0.39, 0.29) is 6.42 Å². The number of methoxy groups -OCH3 is 1. The molecule has 0 aromatic heterocycles. The zero-order chi connectivity index (χ0) is 16.7. The van der Waals surface area contributed by atoms with Gasteiger partial charge in [-0.05, 0) is 12.5 Å². The highest BCUT2D eigenvalue weighted by Gasteiger charge is 2.30. The first kappa shape index (κ1) is 17.6. The Morgan fingerprint density at radius 1 is 1.27 bits per heavy atom. The lowest BCUT2D eigenvalue weighted by molar-refractivity contribution is -0.156. The van der Waals surface area contributed by atoms with Crippen molar-refractivity contribution in [2.45, 2.75) is 32.4 Å². The minimum absolute atomic E-state index is 0.122. The maximum absolute atomic E-state index is 11.8. The van der Waals surface area contributed by atoms with Gasteiger partial charge in [-0.15, -0.1) is 0 Å². The molecule has 1 rings (SSSR count). The average Bonchev–Trinajstić information content (AvgIpc) is 2.50. The van der Waals surface area contributed by atoms with Gasteiger partial charge in [-0.3, -0.25) is 14.6 Å². The Kier molecular flexibility index (Phi) is 6.52. The summed E-state index contributed by atoms with van der Waals surface area (Å²) in [6.45, 7) is 2.72. The fraction of sp³-hybridized carbons (Fsp3) is 0.400. The molecule has 0 aliphatic rings. The van der Waals surface area contributed by atoms with Gasteiger partial charge in [0.05, 0.1) is 7.11 Å². The maximum Gasteiger partial charge on any atom is 0.328 e. The Labute approximate surface area is 128 Å². The lowest BCUT2D eigenvalue weighted by atomic mass is 10.1. The van der Waals surface area contributed by atoms with Crippen molar-refractivity contribution in [1.29, 1.82) is 0 Å². The summed E-state index contributed by atoms with van der Waals surface area (Å²) in [5.41, 5.74) is 3.37. The molecule has 7 heteroatoms. The quantitative estimate of drug-likeness (QED) is 0.565. The summed E-state index contributed by atoms with van der Waals surface area (Å²) in [5, 5.41) is 10.4. The number of carbonyl (C=O) groups excluding carboxylic acids is 2. The first-order chi connectivity index (χ1) is 10.4. The van der Waals surface area contributed by atoms with Crippen LogP contribution in [0.2, 0.25) is 0 Å². The first-order valence-corrected chi connectivity index (χ1v) is 6.77. The van der Waals surface area contributed by atoms with E-state index in [4.69, 9.17) is 0 Å². The number of carbonyl (C=O) groups is 3. The summed E-state index contributed by atoms with van der Waals surface area (Å²) in [4.78, 5) is 34.7. The van der Waals surface area contributed by atoms with Crippen LogP contribution in [0.25, 0.3) is 0 Å². The minimum Gasteiger partial charge on any atom is -0.480 e. The van der Waals surface area contributed by atoms with Crippen LogP contribution < -0.4 is 5.43 Å². The van der Waals surface area contributed by atoms with Crippen molar-refractivity contribution in [2.24, 2.45) is 0 Å². The van der Waals surface area contributed by atoms with Crippen LogP contribution in [0.4, 0.5) is 0 Å². The lowest BCUT2D eigenvalue weighted by Crippen LogP contribution is -2.57. The molecule has 0 saturated heterocycles. The van der Waals surface area contributed by atoms with Crippen LogP contribution in [0.15, 0.2) is 30.3 Å². The van der Waals surface area contributed by atoms with Crippen molar-refractivity contribution in [1.82, 2.24) is 10.4 Å². The van der Waals surface area contributed by atoms with Crippen LogP contribution in [0, 0.1) is 0 Å². The SMILES string of the molecule is COC(=O)[C@H](C)NN(C(C)=O)[C@@H](Cc1ccccc1)C(=O)O. The van der Waals surface area contributed by atoms with E-state index in [0.717, 1.165) is 10.6 Å². The van der Waals surface area contributed by atoms with Crippen molar-refractivity contribution in [3.8, 4) is 0 Å². The molecule has 0 spiro atoms. The molecule has 1 aromatic carbocycles. The Hall–Kier alpha value is -2.41. The number of aliphatic carboxylic acids is 1. The lowest BCUT2D eigenvalue weighted by Gasteiger charge is -2.30. The van der Waals surface area contributed by atoms with Crippen molar-refractivity contribution in [2.75, 3.05) is 7.11 Å². The Balaban J connectivity index is 2.95.